The Hall–Kier alpha value is -2.89. The second-order valence-electron chi connectivity index (χ2n) is 5.30. The lowest BCUT2D eigenvalue weighted by Crippen LogP contribution is -2.12. The normalized spacial score (nSPS) is 10.9. The quantitative estimate of drug-likeness (QED) is 0.754. The zero-order valence-corrected chi connectivity index (χ0v) is 13.2. The molecule has 0 saturated heterocycles. The summed E-state index contributed by atoms with van der Waals surface area (Å²) in [6.07, 6.45) is 1.34. The van der Waals surface area contributed by atoms with E-state index in [4.69, 9.17) is 4.74 Å². The topological polar surface area (TPSA) is 77.0 Å². The van der Waals surface area contributed by atoms with Gasteiger partial charge < -0.3 is 9.72 Å². The van der Waals surface area contributed by atoms with Crippen LogP contribution in [0.5, 0.6) is 0 Å². The molecule has 1 N–H and O–H groups in total. The molecule has 6 nitrogen and oxygen atoms in total. The highest BCUT2D eigenvalue weighted by molar-refractivity contribution is 5.98. The van der Waals surface area contributed by atoms with Gasteiger partial charge in [-0.25, -0.2) is 9.78 Å². The summed E-state index contributed by atoms with van der Waals surface area (Å²) in [6, 6.07) is 7.66. The molecule has 3 aromatic rings. The van der Waals surface area contributed by atoms with Crippen LogP contribution in [0.4, 0.5) is 0 Å². The van der Waals surface area contributed by atoms with Crippen molar-refractivity contribution in [2.75, 3.05) is 6.61 Å². The van der Waals surface area contributed by atoms with Gasteiger partial charge in [0.15, 0.2) is 5.65 Å². The number of benzene rings is 1. The first-order valence-corrected chi connectivity index (χ1v) is 7.37. The lowest BCUT2D eigenvalue weighted by Gasteiger charge is -2.10. The van der Waals surface area contributed by atoms with Gasteiger partial charge >= 0.3 is 5.97 Å². The fourth-order valence-corrected chi connectivity index (χ4v) is 2.68. The summed E-state index contributed by atoms with van der Waals surface area (Å²) in [4.78, 5) is 31.4. The molecule has 0 aliphatic rings. The number of ether oxygens (including phenoxy) is 1. The summed E-state index contributed by atoms with van der Waals surface area (Å²) in [6.45, 7) is 5.73. The molecule has 23 heavy (non-hydrogen) atoms. The number of nitrogens with zero attached hydrogens (tertiary/aromatic N) is 2. The molecule has 6 heteroatoms. The fraction of sp³-hybridized carbons (Fsp3) is 0.235. The Morgan fingerprint density at radius 2 is 1.96 bits per heavy atom. The Bertz CT molecular complexity index is 936. The maximum Gasteiger partial charge on any atom is 0.355 e. The zero-order chi connectivity index (χ0) is 16.6. The molecular weight excluding hydrogens is 294 g/mol. The van der Waals surface area contributed by atoms with Gasteiger partial charge in [-0.1, -0.05) is 17.7 Å². The van der Waals surface area contributed by atoms with Crippen LogP contribution in [0.1, 0.15) is 28.5 Å². The summed E-state index contributed by atoms with van der Waals surface area (Å²) < 4.78 is 6.84. The number of rotatable bonds is 3. The molecule has 2 aromatic heterocycles. The number of nitrogens with one attached hydrogen (secondary N) is 1. The molecule has 0 spiro atoms. The van der Waals surface area contributed by atoms with E-state index in [1.165, 1.54) is 6.33 Å². The number of hydrogen-bond donors (Lipinski definition) is 1. The van der Waals surface area contributed by atoms with Crippen LogP contribution >= 0.6 is 0 Å². The van der Waals surface area contributed by atoms with Crippen molar-refractivity contribution in [2.24, 2.45) is 0 Å². The van der Waals surface area contributed by atoms with E-state index < -0.39 is 5.97 Å². The molecule has 2 heterocycles. The number of hydrogen-bond acceptors (Lipinski definition) is 4. The third kappa shape index (κ3) is 2.42. The Balaban J connectivity index is 2.40. The predicted molar refractivity (Wildman–Crippen MR) is 87.1 cm³/mol. The van der Waals surface area contributed by atoms with E-state index in [0.29, 0.717) is 22.3 Å². The van der Waals surface area contributed by atoms with Gasteiger partial charge in [0.2, 0.25) is 0 Å². The lowest BCUT2D eigenvalue weighted by atomic mass is 10.2. The highest BCUT2D eigenvalue weighted by atomic mass is 16.5. The Kier molecular flexibility index (Phi) is 3.73. The van der Waals surface area contributed by atoms with Crippen molar-refractivity contribution >= 4 is 17.0 Å². The molecule has 1 aromatic carbocycles. The summed E-state index contributed by atoms with van der Waals surface area (Å²) >= 11 is 0. The van der Waals surface area contributed by atoms with Crippen LogP contribution < -0.4 is 5.56 Å². The molecule has 0 aliphatic carbocycles. The first kappa shape index (κ1) is 15.0. The van der Waals surface area contributed by atoms with Crippen LogP contribution in [0.2, 0.25) is 0 Å². The molecule has 0 atom stereocenters. The van der Waals surface area contributed by atoms with Crippen molar-refractivity contribution < 1.29 is 9.53 Å². The van der Waals surface area contributed by atoms with Crippen molar-refractivity contribution in [2.45, 2.75) is 20.8 Å². The second kappa shape index (κ2) is 5.72. The Morgan fingerprint density at radius 1 is 1.26 bits per heavy atom. The fourth-order valence-electron chi connectivity index (χ4n) is 2.68. The van der Waals surface area contributed by atoms with Gasteiger partial charge in [0.1, 0.15) is 5.69 Å². The minimum absolute atomic E-state index is 0.261. The van der Waals surface area contributed by atoms with Gasteiger partial charge in [-0.3, -0.25) is 9.36 Å². The van der Waals surface area contributed by atoms with Gasteiger partial charge in [0.05, 0.1) is 18.3 Å². The van der Waals surface area contributed by atoms with Crippen LogP contribution in [-0.2, 0) is 4.74 Å². The molecule has 0 amide bonds. The number of aromatic amines is 1. The van der Waals surface area contributed by atoms with Crippen molar-refractivity contribution in [1.29, 1.82) is 0 Å². The molecule has 0 unspecified atom stereocenters. The highest BCUT2D eigenvalue weighted by Crippen LogP contribution is 2.26. The van der Waals surface area contributed by atoms with Gasteiger partial charge in [-0.2, -0.15) is 0 Å². The van der Waals surface area contributed by atoms with Crippen molar-refractivity contribution in [3.63, 3.8) is 0 Å². The number of aryl methyl sites for hydroxylation is 2. The summed E-state index contributed by atoms with van der Waals surface area (Å²) in [5.74, 6) is -0.469. The van der Waals surface area contributed by atoms with Gasteiger partial charge in [-0.15, -0.1) is 0 Å². The Labute approximate surface area is 132 Å². The van der Waals surface area contributed by atoms with Crippen molar-refractivity contribution in [3.05, 3.63) is 57.8 Å². The average molecular weight is 311 g/mol. The highest BCUT2D eigenvalue weighted by Gasteiger charge is 2.24. The largest absolute Gasteiger partial charge is 0.461 e. The van der Waals surface area contributed by atoms with Gasteiger partial charge in [0.25, 0.3) is 5.56 Å². The van der Waals surface area contributed by atoms with Crippen LogP contribution in [0.15, 0.2) is 35.4 Å². The minimum Gasteiger partial charge on any atom is -0.461 e. The van der Waals surface area contributed by atoms with E-state index in [0.717, 1.165) is 11.3 Å². The van der Waals surface area contributed by atoms with Crippen LogP contribution in [-0.4, -0.2) is 27.1 Å². The van der Waals surface area contributed by atoms with E-state index in [9.17, 15) is 9.59 Å². The molecule has 0 radical (unpaired) electrons. The first-order chi connectivity index (χ1) is 11.0. The number of carbonyl (C=O) groups excluding carboxylic acids is 1. The van der Waals surface area contributed by atoms with Gasteiger partial charge in [-0.05, 0) is 38.5 Å². The standard InChI is InChI=1S/C17H17N3O3/c1-4-23-17(22)14-11(3)13-15(18-9-19-16(13)21)20(14)12-7-5-10(2)6-8-12/h5-9H,4H2,1-3H3,(H,18,19,21). The SMILES string of the molecule is CCOC(=O)c1c(C)c2c(=O)[nH]cnc2n1-c1ccc(C)cc1. The maximum atomic E-state index is 12.4. The van der Waals surface area contributed by atoms with E-state index in [2.05, 4.69) is 9.97 Å². The molecular formula is C17H17N3O3. The monoisotopic (exact) mass is 311 g/mol. The molecule has 118 valence electrons. The predicted octanol–water partition coefficient (Wildman–Crippen LogP) is 2.51. The number of fused-ring (bicyclic) bond motifs is 1. The average Bonchev–Trinajstić information content (AvgIpc) is 2.83. The third-order valence-corrected chi connectivity index (χ3v) is 3.76. The van der Waals surface area contributed by atoms with E-state index in [-0.39, 0.29) is 12.2 Å². The molecule has 0 saturated carbocycles. The Morgan fingerprint density at radius 3 is 2.61 bits per heavy atom. The number of esters is 1. The van der Waals surface area contributed by atoms with Crippen LogP contribution in [0, 0.1) is 13.8 Å². The minimum atomic E-state index is -0.469. The number of H-pyrrole nitrogens is 1. The van der Waals surface area contributed by atoms with Crippen LogP contribution in [0.25, 0.3) is 16.7 Å². The molecule has 0 fully saturated rings. The van der Waals surface area contributed by atoms with E-state index >= 15 is 0 Å². The number of aromatic nitrogens is 3. The summed E-state index contributed by atoms with van der Waals surface area (Å²) in [5, 5.41) is 0.399. The van der Waals surface area contributed by atoms with Crippen molar-refractivity contribution in [3.8, 4) is 5.69 Å². The third-order valence-electron chi connectivity index (χ3n) is 3.76. The summed E-state index contributed by atoms with van der Waals surface area (Å²) in [7, 11) is 0. The molecule has 3 rings (SSSR count). The second-order valence-corrected chi connectivity index (χ2v) is 5.30. The smallest absolute Gasteiger partial charge is 0.355 e. The van der Waals surface area contributed by atoms with Crippen molar-refractivity contribution in [1.82, 2.24) is 14.5 Å². The van der Waals surface area contributed by atoms with E-state index in [1.807, 2.05) is 31.2 Å². The molecule has 0 aliphatic heterocycles. The number of carbonyl (C=O) groups is 1. The van der Waals surface area contributed by atoms with E-state index in [1.54, 1.807) is 18.4 Å². The molecule has 0 bridgehead atoms. The lowest BCUT2D eigenvalue weighted by molar-refractivity contribution is 0.0516. The summed E-state index contributed by atoms with van der Waals surface area (Å²) in [5.41, 5.74) is 2.92. The zero-order valence-electron chi connectivity index (χ0n) is 13.2. The first-order valence-electron chi connectivity index (χ1n) is 7.37. The maximum absolute atomic E-state index is 12.4. The van der Waals surface area contributed by atoms with Gasteiger partial charge in [0, 0.05) is 5.69 Å². The van der Waals surface area contributed by atoms with Crippen LogP contribution in [0.3, 0.4) is 0 Å².